The Labute approximate surface area is 185 Å². The normalized spacial score (nSPS) is 25.0. The highest BCUT2D eigenvalue weighted by Crippen LogP contribution is 2.61. The molecule has 1 saturated carbocycles. The number of nitrogens with one attached hydrogen (secondary N) is 1. The Morgan fingerprint density at radius 1 is 1.32 bits per heavy atom. The minimum atomic E-state index is -2.58. The smallest absolute Gasteiger partial charge is 0.317 e. The van der Waals surface area contributed by atoms with Gasteiger partial charge in [0.15, 0.2) is 4.38 Å². The predicted molar refractivity (Wildman–Crippen MR) is 123 cm³/mol. The van der Waals surface area contributed by atoms with Crippen LogP contribution in [0.25, 0.3) is 0 Å². The molecule has 3 fully saturated rings. The highest BCUT2D eigenvalue weighted by atomic mass is 32.5. The standard InChI is InChI=1S/C16H28N3O4PS4/c1-16(2)11-21-24(25,22-12-16)19(13-6-4-3-5-7-13)28-17-10-14(20)23-18-15-26-8-9-27-15/h13,17H,3-12H2,1-2H3. The van der Waals surface area contributed by atoms with E-state index in [1.165, 1.54) is 31.4 Å². The number of carbonyl (C=O) groups excluding carboxylic acids is 1. The number of thioether (sulfide) groups is 2. The molecular weight excluding hydrogens is 457 g/mol. The lowest BCUT2D eigenvalue weighted by molar-refractivity contribution is -0.142. The third kappa shape index (κ3) is 6.85. The van der Waals surface area contributed by atoms with Crippen LogP contribution in [0, 0.1) is 5.41 Å². The van der Waals surface area contributed by atoms with Gasteiger partial charge in [-0.3, -0.25) is 0 Å². The van der Waals surface area contributed by atoms with Gasteiger partial charge in [0.25, 0.3) is 6.64 Å². The number of rotatable bonds is 7. The van der Waals surface area contributed by atoms with Gasteiger partial charge >= 0.3 is 5.97 Å². The summed E-state index contributed by atoms with van der Waals surface area (Å²) in [6.45, 7) is 2.85. The zero-order valence-corrected chi connectivity index (χ0v) is 20.4. The molecule has 160 valence electrons. The number of hydrogen-bond acceptors (Lipinski definition) is 10. The van der Waals surface area contributed by atoms with Crippen molar-refractivity contribution in [3.8, 4) is 0 Å². The monoisotopic (exact) mass is 485 g/mol. The average molecular weight is 486 g/mol. The van der Waals surface area contributed by atoms with Gasteiger partial charge in [-0.25, -0.2) is 9.52 Å². The van der Waals surface area contributed by atoms with Gasteiger partial charge in [0.05, 0.1) is 13.2 Å². The Bertz CT molecular complexity index is 609. The van der Waals surface area contributed by atoms with Crippen LogP contribution in [0.4, 0.5) is 0 Å². The van der Waals surface area contributed by atoms with Gasteiger partial charge in [0.1, 0.15) is 6.54 Å². The zero-order valence-electron chi connectivity index (χ0n) is 16.3. The first kappa shape index (κ1) is 23.3. The van der Waals surface area contributed by atoms with Gasteiger partial charge < -0.3 is 13.9 Å². The van der Waals surface area contributed by atoms with Crippen LogP contribution in [0.5, 0.6) is 0 Å². The fourth-order valence-electron chi connectivity index (χ4n) is 2.96. The lowest BCUT2D eigenvalue weighted by Crippen LogP contribution is -2.38. The minimum absolute atomic E-state index is 0.0299. The van der Waals surface area contributed by atoms with Crippen LogP contribution in [-0.4, -0.2) is 51.7 Å². The molecule has 12 heteroatoms. The fraction of sp³-hybridized carbons (Fsp3) is 0.875. The van der Waals surface area contributed by atoms with Gasteiger partial charge in [-0.1, -0.05) is 61.8 Å². The largest absolute Gasteiger partial charge is 0.349 e. The summed E-state index contributed by atoms with van der Waals surface area (Å²) in [6.07, 6.45) is 5.74. The third-order valence-corrected chi connectivity index (χ3v) is 11.8. The summed E-state index contributed by atoms with van der Waals surface area (Å²) in [4.78, 5) is 17.0. The minimum Gasteiger partial charge on any atom is -0.317 e. The molecule has 0 atom stereocenters. The first-order valence-electron chi connectivity index (χ1n) is 9.50. The van der Waals surface area contributed by atoms with Gasteiger partial charge in [-0.2, -0.15) is 4.08 Å². The zero-order chi connectivity index (χ0) is 20.0. The number of hydrogen-bond donors (Lipinski definition) is 1. The van der Waals surface area contributed by atoms with Crippen LogP contribution in [0.2, 0.25) is 0 Å². The van der Waals surface area contributed by atoms with E-state index in [9.17, 15) is 4.79 Å². The summed E-state index contributed by atoms with van der Waals surface area (Å²) in [5.41, 5.74) is -0.0299. The summed E-state index contributed by atoms with van der Waals surface area (Å²) < 4.78 is 18.2. The molecule has 3 aliphatic rings. The van der Waals surface area contributed by atoms with E-state index in [1.54, 1.807) is 23.5 Å². The van der Waals surface area contributed by atoms with Crippen LogP contribution >= 0.6 is 42.3 Å². The molecule has 0 unspecified atom stereocenters. The van der Waals surface area contributed by atoms with Crippen molar-refractivity contribution in [1.82, 2.24) is 8.80 Å². The van der Waals surface area contributed by atoms with E-state index < -0.39 is 12.6 Å². The fourth-order valence-corrected chi connectivity index (χ4v) is 9.50. The molecule has 0 aromatic carbocycles. The number of nitrogens with zero attached hydrogens (tertiary/aromatic N) is 2. The van der Waals surface area contributed by atoms with Gasteiger partial charge in [-0.15, -0.1) is 0 Å². The summed E-state index contributed by atoms with van der Waals surface area (Å²) in [5, 5.41) is 3.90. The Kier molecular flexibility index (Phi) is 9.02. The summed E-state index contributed by atoms with van der Waals surface area (Å²) in [5.74, 6) is 1.60. The van der Waals surface area contributed by atoms with E-state index >= 15 is 0 Å². The molecule has 0 aromatic rings. The molecule has 1 N–H and O–H groups in total. The second kappa shape index (κ2) is 10.8. The van der Waals surface area contributed by atoms with Gasteiger partial charge in [-0.05, 0) is 24.6 Å². The molecule has 0 radical (unpaired) electrons. The van der Waals surface area contributed by atoms with Crippen molar-refractivity contribution in [3.05, 3.63) is 0 Å². The van der Waals surface area contributed by atoms with Crippen LogP contribution in [0.3, 0.4) is 0 Å². The van der Waals surface area contributed by atoms with Crippen LogP contribution < -0.4 is 4.72 Å². The molecule has 0 amide bonds. The average Bonchev–Trinajstić information content (AvgIpc) is 3.21. The summed E-state index contributed by atoms with van der Waals surface area (Å²) >= 11 is 10.4. The Hall–Kier alpha value is 0.680. The van der Waals surface area contributed by atoms with E-state index in [0.29, 0.717) is 19.3 Å². The van der Waals surface area contributed by atoms with Crippen molar-refractivity contribution in [3.63, 3.8) is 0 Å². The third-order valence-electron chi connectivity index (χ3n) is 4.50. The van der Waals surface area contributed by atoms with Gasteiger partial charge in [0, 0.05) is 35.1 Å². The second-order valence-electron chi connectivity index (χ2n) is 7.70. The molecular formula is C16H28N3O4PS4. The Morgan fingerprint density at radius 3 is 2.61 bits per heavy atom. The molecule has 0 aromatic heterocycles. The highest BCUT2D eigenvalue weighted by molar-refractivity contribution is 8.41. The first-order chi connectivity index (χ1) is 13.4. The summed E-state index contributed by atoms with van der Waals surface area (Å²) in [7, 11) is 0. The molecule has 7 nitrogen and oxygen atoms in total. The molecule has 3 rings (SSSR count). The molecule has 2 saturated heterocycles. The van der Waals surface area contributed by atoms with E-state index in [1.807, 2.05) is 0 Å². The van der Waals surface area contributed by atoms with Crippen LogP contribution in [-0.2, 0) is 30.5 Å². The van der Waals surface area contributed by atoms with Crippen molar-refractivity contribution < 1.29 is 18.7 Å². The number of carbonyl (C=O) groups is 1. The maximum absolute atomic E-state index is 12.0. The molecule has 2 aliphatic heterocycles. The topological polar surface area (TPSA) is 72.4 Å². The number of oxime groups is 1. The molecule has 0 spiro atoms. The maximum Gasteiger partial charge on any atom is 0.349 e. The SMILES string of the molecule is CC1(C)COP(=S)(N(SNCC(=O)ON=C2SCCS2)C2CCCCC2)OC1. The van der Waals surface area contributed by atoms with Crippen molar-refractivity contribution in [2.24, 2.45) is 10.6 Å². The second-order valence-corrected chi connectivity index (χ2v) is 14.5. The lowest BCUT2D eigenvalue weighted by Gasteiger charge is -2.44. The lowest BCUT2D eigenvalue weighted by atomic mass is 9.96. The van der Waals surface area contributed by atoms with Crippen LogP contribution in [0.15, 0.2) is 5.16 Å². The predicted octanol–water partition coefficient (Wildman–Crippen LogP) is 4.37. The van der Waals surface area contributed by atoms with Crippen LogP contribution in [0.1, 0.15) is 46.0 Å². The van der Waals surface area contributed by atoms with E-state index in [2.05, 4.69) is 27.8 Å². The molecule has 1 aliphatic carbocycles. The summed E-state index contributed by atoms with van der Waals surface area (Å²) in [6, 6.07) is 0.292. The first-order valence-corrected chi connectivity index (χ1v) is 14.8. The van der Waals surface area contributed by atoms with Crippen molar-refractivity contribution in [2.75, 3.05) is 31.3 Å². The van der Waals surface area contributed by atoms with E-state index in [-0.39, 0.29) is 12.0 Å². The molecule has 28 heavy (non-hydrogen) atoms. The maximum atomic E-state index is 12.0. The van der Waals surface area contributed by atoms with Crippen molar-refractivity contribution in [1.29, 1.82) is 0 Å². The van der Waals surface area contributed by atoms with Crippen molar-refractivity contribution >= 4 is 64.5 Å². The highest BCUT2D eigenvalue weighted by Gasteiger charge is 2.41. The molecule has 2 heterocycles. The molecule has 0 bridgehead atoms. The van der Waals surface area contributed by atoms with Crippen molar-refractivity contribution in [2.45, 2.75) is 52.0 Å². The van der Waals surface area contributed by atoms with E-state index in [0.717, 1.165) is 28.7 Å². The quantitative estimate of drug-likeness (QED) is 0.243. The Morgan fingerprint density at radius 2 is 1.96 bits per heavy atom. The Balaban J connectivity index is 1.54. The van der Waals surface area contributed by atoms with E-state index in [4.69, 9.17) is 25.7 Å². The van der Waals surface area contributed by atoms with Gasteiger partial charge in [0.2, 0.25) is 0 Å².